The Morgan fingerprint density at radius 3 is 2.52 bits per heavy atom. The minimum Gasteiger partial charge on any atom is -0.369 e. The molecule has 1 aromatic carbocycles. The molecule has 1 saturated heterocycles. The number of tetrazole rings is 1. The number of hydrogen-bond donors (Lipinski definition) is 2. The molecule has 3 N–H and O–H groups in total. The molecule has 1 aromatic heterocycles. The van der Waals surface area contributed by atoms with Gasteiger partial charge < -0.3 is 10.6 Å². The van der Waals surface area contributed by atoms with Crippen molar-refractivity contribution < 1.29 is 18.1 Å². The number of likely N-dealkylation sites (tertiary alicyclic amines) is 1. The normalized spacial score (nSPS) is 21.0. The Kier molecular flexibility index (Phi) is 6.63. The van der Waals surface area contributed by atoms with Gasteiger partial charge in [-0.05, 0) is 29.5 Å². The smallest absolute Gasteiger partial charge is 0.220 e. The molecule has 0 saturated carbocycles. The number of sulfone groups is 1. The van der Waals surface area contributed by atoms with Crippen LogP contribution in [0.2, 0.25) is 0 Å². The van der Waals surface area contributed by atoms with Crippen LogP contribution in [-0.4, -0.2) is 47.6 Å². The molecular formula is C19H29N6O3S+. The van der Waals surface area contributed by atoms with E-state index in [0.717, 1.165) is 44.3 Å². The number of aromatic nitrogens is 4. The van der Waals surface area contributed by atoms with Crippen molar-refractivity contribution >= 4 is 15.7 Å². The number of nitrogens with two attached hydrogens (primary N) is 1. The summed E-state index contributed by atoms with van der Waals surface area (Å²) in [6, 6.07) is 6.76. The van der Waals surface area contributed by atoms with Gasteiger partial charge in [0.05, 0.1) is 18.0 Å². The topological polar surface area (TPSA) is 125 Å². The van der Waals surface area contributed by atoms with E-state index < -0.39 is 9.84 Å². The summed E-state index contributed by atoms with van der Waals surface area (Å²) in [4.78, 5) is 13.0. The zero-order chi connectivity index (χ0) is 21.0. The van der Waals surface area contributed by atoms with Crippen molar-refractivity contribution in [1.82, 2.24) is 20.2 Å². The predicted molar refractivity (Wildman–Crippen MR) is 106 cm³/mol. The number of nitrogens with zero attached hydrogens (tertiary/aromatic N) is 4. The maximum atomic E-state index is 12.9. The van der Waals surface area contributed by atoms with Crippen molar-refractivity contribution in [1.29, 1.82) is 0 Å². The van der Waals surface area contributed by atoms with Gasteiger partial charge in [-0.25, -0.2) is 13.1 Å². The van der Waals surface area contributed by atoms with E-state index in [2.05, 4.69) is 22.4 Å². The van der Waals surface area contributed by atoms with Gasteiger partial charge in [0.2, 0.25) is 11.7 Å². The van der Waals surface area contributed by atoms with Crippen molar-refractivity contribution in [2.75, 3.05) is 13.1 Å². The van der Waals surface area contributed by atoms with Gasteiger partial charge in [0.1, 0.15) is 6.04 Å². The van der Waals surface area contributed by atoms with Crippen molar-refractivity contribution in [3.63, 3.8) is 0 Å². The summed E-state index contributed by atoms with van der Waals surface area (Å²) in [5, 5.41) is 11.9. The molecule has 1 atom stereocenters. The van der Waals surface area contributed by atoms with Gasteiger partial charge in [0.15, 0.2) is 15.7 Å². The molecule has 3 rings (SSSR count). The zero-order valence-electron chi connectivity index (χ0n) is 16.9. The van der Waals surface area contributed by atoms with Crippen molar-refractivity contribution in [3.8, 4) is 0 Å². The predicted octanol–water partition coefficient (Wildman–Crippen LogP) is 0.0343. The van der Waals surface area contributed by atoms with Crippen LogP contribution in [0, 0.1) is 12.8 Å². The lowest BCUT2D eigenvalue weighted by Crippen LogP contribution is -3.13. The molecule has 158 valence electrons. The van der Waals surface area contributed by atoms with E-state index in [-0.39, 0.29) is 28.6 Å². The van der Waals surface area contributed by atoms with E-state index in [9.17, 15) is 13.2 Å². The molecule has 9 nitrogen and oxygen atoms in total. The number of primary amides is 1. The van der Waals surface area contributed by atoms with Crippen LogP contribution >= 0.6 is 0 Å². The first kappa shape index (κ1) is 21.4. The van der Waals surface area contributed by atoms with Crippen LogP contribution in [0.3, 0.4) is 0 Å². The van der Waals surface area contributed by atoms with Crippen molar-refractivity contribution in [3.05, 3.63) is 35.7 Å². The van der Waals surface area contributed by atoms with Crippen LogP contribution in [0.1, 0.15) is 50.0 Å². The molecule has 2 heterocycles. The molecule has 0 bridgehead atoms. The standard InChI is InChI=1S/C19H28N6O3S/c1-3-4-17(24-11-9-15(10-12-24)18(20)26)19-21-22-23-25(19)13-29(27,28)16-7-5-14(2)6-8-16/h5-8,15,17H,3-4,9-13H2,1-2H3,(H2,20,26)/p+1/t17-/m1/s1. The zero-order valence-corrected chi connectivity index (χ0v) is 17.7. The quantitative estimate of drug-likeness (QED) is 0.620. The van der Waals surface area contributed by atoms with Crippen molar-refractivity contribution in [2.24, 2.45) is 11.7 Å². The van der Waals surface area contributed by atoms with Crippen LogP contribution in [-0.2, 0) is 20.5 Å². The Labute approximate surface area is 171 Å². The summed E-state index contributed by atoms with van der Waals surface area (Å²) < 4.78 is 27.1. The number of quaternary nitrogens is 1. The fraction of sp³-hybridized carbons (Fsp3) is 0.579. The molecule has 10 heteroatoms. The van der Waals surface area contributed by atoms with Gasteiger partial charge in [-0.1, -0.05) is 31.0 Å². The number of amides is 1. The minimum atomic E-state index is -3.57. The lowest BCUT2D eigenvalue weighted by molar-refractivity contribution is -0.938. The van der Waals surface area contributed by atoms with Crippen LogP contribution in [0.5, 0.6) is 0 Å². The van der Waals surface area contributed by atoms with Crippen molar-refractivity contribution in [2.45, 2.75) is 56.3 Å². The molecule has 1 aliphatic heterocycles. The first-order chi connectivity index (χ1) is 13.8. The maximum absolute atomic E-state index is 12.9. The number of aryl methyl sites for hydroxylation is 1. The molecule has 0 unspecified atom stereocenters. The molecule has 29 heavy (non-hydrogen) atoms. The molecular weight excluding hydrogens is 392 g/mol. The second-order valence-electron chi connectivity index (χ2n) is 7.77. The summed E-state index contributed by atoms with van der Waals surface area (Å²) in [5.41, 5.74) is 6.45. The molecule has 1 aliphatic rings. The SMILES string of the molecule is CCC[C@H](c1nnnn1CS(=O)(=O)c1ccc(C)cc1)[NH+]1CCC(C(N)=O)CC1. The van der Waals surface area contributed by atoms with Gasteiger partial charge in [-0.3, -0.25) is 4.79 Å². The maximum Gasteiger partial charge on any atom is 0.220 e. The van der Waals surface area contributed by atoms with Crippen LogP contribution in [0.15, 0.2) is 29.2 Å². The van der Waals surface area contributed by atoms with Crippen LogP contribution < -0.4 is 10.6 Å². The van der Waals surface area contributed by atoms with Gasteiger partial charge in [-0.2, -0.15) is 0 Å². The highest BCUT2D eigenvalue weighted by Crippen LogP contribution is 2.19. The number of piperidine rings is 1. The van der Waals surface area contributed by atoms with Gasteiger partial charge >= 0.3 is 0 Å². The lowest BCUT2D eigenvalue weighted by Gasteiger charge is -2.33. The fourth-order valence-corrected chi connectivity index (χ4v) is 5.17. The summed E-state index contributed by atoms with van der Waals surface area (Å²) in [6.45, 7) is 5.57. The Morgan fingerprint density at radius 1 is 1.28 bits per heavy atom. The van der Waals surface area contributed by atoms with E-state index in [1.54, 1.807) is 24.3 Å². The van der Waals surface area contributed by atoms with E-state index >= 15 is 0 Å². The third kappa shape index (κ3) is 4.99. The summed E-state index contributed by atoms with van der Waals surface area (Å²) in [7, 11) is -3.57. The number of hydrogen-bond acceptors (Lipinski definition) is 6. The van der Waals surface area contributed by atoms with E-state index in [1.807, 2.05) is 6.92 Å². The highest BCUT2D eigenvalue weighted by atomic mass is 32.2. The first-order valence-corrected chi connectivity index (χ1v) is 11.7. The first-order valence-electron chi connectivity index (χ1n) is 10.0. The summed E-state index contributed by atoms with van der Waals surface area (Å²) in [5.74, 6) is -0.0467. The minimum absolute atomic E-state index is 0.0166. The van der Waals surface area contributed by atoms with Gasteiger partial charge in [-0.15, -0.1) is 5.10 Å². The average molecular weight is 422 g/mol. The summed E-state index contributed by atoms with van der Waals surface area (Å²) in [6.07, 6.45) is 3.22. The van der Waals surface area contributed by atoms with Gasteiger partial charge in [0.25, 0.3) is 0 Å². The number of carbonyl (C=O) groups excluding carboxylic acids is 1. The van der Waals surface area contributed by atoms with Gasteiger partial charge in [0, 0.05) is 25.2 Å². The van der Waals surface area contributed by atoms with E-state index in [0.29, 0.717) is 5.82 Å². The Balaban J connectivity index is 1.81. The third-order valence-electron chi connectivity index (χ3n) is 5.64. The largest absolute Gasteiger partial charge is 0.369 e. The second-order valence-corrected chi connectivity index (χ2v) is 9.73. The average Bonchev–Trinajstić information content (AvgIpc) is 3.13. The fourth-order valence-electron chi connectivity index (χ4n) is 3.96. The van der Waals surface area contributed by atoms with Crippen LogP contribution in [0.25, 0.3) is 0 Å². The number of nitrogens with one attached hydrogen (secondary N) is 1. The Bertz CT molecular complexity index is 933. The molecule has 1 amide bonds. The highest BCUT2D eigenvalue weighted by molar-refractivity contribution is 7.90. The molecule has 0 radical (unpaired) electrons. The molecule has 2 aromatic rings. The molecule has 0 spiro atoms. The number of rotatable bonds is 8. The lowest BCUT2D eigenvalue weighted by atomic mass is 9.94. The number of carbonyl (C=O) groups is 1. The third-order valence-corrected chi connectivity index (χ3v) is 7.22. The monoisotopic (exact) mass is 421 g/mol. The van der Waals surface area contributed by atoms with Crippen LogP contribution in [0.4, 0.5) is 0 Å². The van der Waals surface area contributed by atoms with E-state index in [4.69, 9.17) is 5.73 Å². The number of benzene rings is 1. The molecule has 1 fully saturated rings. The van der Waals surface area contributed by atoms with E-state index in [1.165, 1.54) is 9.58 Å². The summed E-state index contributed by atoms with van der Waals surface area (Å²) >= 11 is 0. The second kappa shape index (κ2) is 9.00. The highest BCUT2D eigenvalue weighted by Gasteiger charge is 2.35. The molecule has 0 aliphatic carbocycles. The Hall–Kier alpha value is -2.33. The Morgan fingerprint density at radius 2 is 1.93 bits per heavy atom.